The molecule has 2 aliphatic rings. The lowest BCUT2D eigenvalue weighted by molar-refractivity contribution is 0.661. The molecule has 220 valence electrons. The van der Waals surface area contributed by atoms with Crippen LogP contribution in [-0.2, 0) is 5.41 Å². The largest absolute Gasteiger partial charge is 0.309 e. The van der Waals surface area contributed by atoms with Gasteiger partial charge in [0, 0.05) is 21.9 Å². The van der Waals surface area contributed by atoms with Crippen LogP contribution in [0.1, 0.15) is 43.4 Å². The number of hydrogen-bond donors (Lipinski definition) is 0. The highest BCUT2D eigenvalue weighted by Crippen LogP contribution is 2.51. The molecule has 1 heteroatoms. The summed E-state index contributed by atoms with van der Waals surface area (Å²) < 4.78 is 2.47. The normalized spacial score (nSPS) is 14.8. The standard InChI is InChI=1S/C45H35N/c1-45(2)41-22-11-9-20-37(41)39-29-44-40(28-42(39)45)38-21-10-12-23-43(38)46(44)36-19-13-18-32(27-36)35-25-33(30-14-5-3-6-15-30)24-34(26-35)31-16-7-4-8-17-31/h3,5-7,9-29H,4,8H2,1-2H3. The summed E-state index contributed by atoms with van der Waals surface area (Å²) in [7, 11) is 0. The van der Waals surface area contributed by atoms with Gasteiger partial charge in [0.05, 0.1) is 11.0 Å². The molecular formula is C45H35N. The lowest BCUT2D eigenvalue weighted by Crippen LogP contribution is -2.14. The molecule has 7 aromatic rings. The molecule has 9 rings (SSSR count). The Morgan fingerprint density at radius 3 is 2.09 bits per heavy atom. The van der Waals surface area contributed by atoms with Crippen LogP contribution in [0.4, 0.5) is 0 Å². The Morgan fingerprint density at radius 2 is 1.24 bits per heavy atom. The predicted molar refractivity (Wildman–Crippen MR) is 196 cm³/mol. The van der Waals surface area contributed by atoms with Crippen LogP contribution in [0.25, 0.3) is 66.4 Å². The van der Waals surface area contributed by atoms with Gasteiger partial charge in [-0.25, -0.2) is 0 Å². The Morgan fingerprint density at radius 1 is 0.500 bits per heavy atom. The van der Waals surface area contributed by atoms with Gasteiger partial charge in [0.2, 0.25) is 0 Å². The van der Waals surface area contributed by atoms with Crippen LogP contribution in [0, 0.1) is 0 Å². The average Bonchev–Trinajstić information content (AvgIpc) is 3.56. The van der Waals surface area contributed by atoms with Gasteiger partial charge in [0.25, 0.3) is 0 Å². The highest BCUT2D eigenvalue weighted by molar-refractivity contribution is 6.11. The van der Waals surface area contributed by atoms with E-state index in [4.69, 9.17) is 0 Å². The first-order valence-electron chi connectivity index (χ1n) is 16.4. The first-order chi connectivity index (χ1) is 22.6. The average molecular weight is 590 g/mol. The Balaban J connectivity index is 1.26. The van der Waals surface area contributed by atoms with Crippen LogP contribution < -0.4 is 0 Å². The maximum absolute atomic E-state index is 2.47. The van der Waals surface area contributed by atoms with Crippen molar-refractivity contribution in [3.05, 3.63) is 168 Å². The maximum Gasteiger partial charge on any atom is 0.0547 e. The van der Waals surface area contributed by atoms with Gasteiger partial charge in [-0.2, -0.15) is 0 Å². The summed E-state index contributed by atoms with van der Waals surface area (Å²) in [5, 5.41) is 2.60. The number of aromatic nitrogens is 1. The molecule has 1 heterocycles. The van der Waals surface area contributed by atoms with E-state index in [1.54, 1.807) is 0 Å². The van der Waals surface area contributed by atoms with Gasteiger partial charge in [-0.15, -0.1) is 0 Å². The molecule has 0 N–H and O–H groups in total. The molecule has 1 aromatic heterocycles. The van der Waals surface area contributed by atoms with Crippen molar-refractivity contribution in [3.63, 3.8) is 0 Å². The summed E-state index contributed by atoms with van der Waals surface area (Å²) in [5.41, 5.74) is 16.7. The third-order valence-electron chi connectivity index (χ3n) is 10.2. The minimum absolute atomic E-state index is 0.0341. The maximum atomic E-state index is 2.47. The molecule has 6 aromatic carbocycles. The first kappa shape index (κ1) is 27.0. The van der Waals surface area contributed by atoms with Gasteiger partial charge in [-0.1, -0.05) is 117 Å². The molecule has 1 nitrogen and oxygen atoms in total. The van der Waals surface area contributed by atoms with Crippen LogP contribution in [0.5, 0.6) is 0 Å². The molecule has 0 radical (unpaired) electrons. The van der Waals surface area contributed by atoms with E-state index in [0.717, 1.165) is 12.8 Å². The third kappa shape index (κ3) is 4.16. The zero-order chi connectivity index (χ0) is 30.8. The number of allylic oxidation sites excluding steroid dienone is 4. The monoisotopic (exact) mass is 589 g/mol. The smallest absolute Gasteiger partial charge is 0.0547 e. The SMILES string of the molecule is CC1(C)c2ccccc2-c2cc3c(cc21)c1ccccc1n3-c1cccc(-c2cc(C3=CCCC=C3)cc(-c3ccccc3)c2)c1. The number of hydrogen-bond acceptors (Lipinski definition) is 0. The van der Waals surface area contributed by atoms with E-state index in [2.05, 4.69) is 170 Å². The van der Waals surface area contributed by atoms with Gasteiger partial charge in [-0.05, 0) is 117 Å². The van der Waals surface area contributed by atoms with Crippen LogP contribution in [0.15, 0.2) is 152 Å². The van der Waals surface area contributed by atoms with Gasteiger partial charge < -0.3 is 4.57 Å². The number of benzene rings is 6. The second-order valence-corrected chi connectivity index (χ2v) is 13.3. The van der Waals surface area contributed by atoms with Crippen LogP contribution in [0.2, 0.25) is 0 Å². The molecule has 2 aliphatic carbocycles. The molecule has 46 heavy (non-hydrogen) atoms. The summed E-state index contributed by atoms with van der Waals surface area (Å²) in [5.74, 6) is 0. The van der Waals surface area contributed by atoms with Crippen molar-refractivity contribution in [2.75, 3.05) is 0 Å². The van der Waals surface area contributed by atoms with E-state index in [-0.39, 0.29) is 5.41 Å². The fourth-order valence-electron chi connectivity index (χ4n) is 7.85. The van der Waals surface area contributed by atoms with Crippen molar-refractivity contribution in [2.24, 2.45) is 0 Å². The van der Waals surface area contributed by atoms with Crippen molar-refractivity contribution < 1.29 is 0 Å². The lowest BCUT2D eigenvalue weighted by Gasteiger charge is -2.21. The molecular weight excluding hydrogens is 555 g/mol. The van der Waals surface area contributed by atoms with Gasteiger partial charge >= 0.3 is 0 Å². The Bertz CT molecular complexity index is 2380. The summed E-state index contributed by atoms with van der Waals surface area (Å²) in [6, 6.07) is 49.6. The van der Waals surface area contributed by atoms with Gasteiger partial charge in [0.15, 0.2) is 0 Å². The van der Waals surface area contributed by atoms with Crippen LogP contribution in [0.3, 0.4) is 0 Å². The molecule has 0 fully saturated rings. The highest BCUT2D eigenvalue weighted by atomic mass is 15.0. The van der Waals surface area contributed by atoms with E-state index in [1.807, 2.05) is 0 Å². The Hall–Kier alpha value is -5.40. The van der Waals surface area contributed by atoms with Crippen molar-refractivity contribution in [1.29, 1.82) is 0 Å². The minimum atomic E-state index is -0.0341. The number of rotatable bonds is 4. The zero-order valence-electron chi connectivity index (χ0n) is 26.3. The molecule has 0 aliphatic heterocycles. The van der Waals surface area contributed by atoms with E-state index in [0.29, 0.717) is 0 Å². The fraction of sp³-hybridized carbons (Fsp3) is 0.111. The summed E-state index contributed by atoms with van der Waals surface area (Å²) in [4.78, 5) is 0. The summed E-state index contributed by atoms with van der Waals surface area (Å²) >= 11 is 0. The molecule has 0 spiro atoms. The quantitative estimate of drug-likeness (QED) is 0.192. The molecule has 0 saturated heterocycles. The van der Waals surface area contributed by atoms with Crippen molar-refractivity contribution in [1.82, 2.24) is 4.57 Å². The van der Waals surface area contributed by atoms with E-state index in [1.165, 1.54) is 83.1 Å². The van der Waals surface area contributed by atoms with Crippen molar-refractivity contribution >= 4 is 27.4 Å². The molecule has 0 atom stereocenters. The van der Waals surface area contributed by atoms with Crippen LogP contribution >= 0.6 is 0 Å². The minimum Gasteiger partial charge on any atom is -0.309 e. The third-order valence-corrected chi connectivity index (χ3v) is 10.2. The summed E-state index contributed by atoms with van der Waals surface area (Å²) in [6.07, 6.45) is 9.15. The molecule has 0 amide bonds. The molecule has 0 saturated carbocycles. The van der Waals surface area contributed by atoms with Crippen LogP contribution in [-0.4, -0.2) is 4.57 Å². The Kier molecular flexibility index (Phi) is 6.05. The molecule has 0 unspecified atom stereocenters. The van der Waals surface area contributed by atoms with Gasteiger partial charge in [0.1, 0.15) is 0 Å². The van der Waals surface area contributed by atoms with Crippen molar-refractivity contribution in [2.45, 2.75) is 32.1 Å². The number of nitrogens with zero attached hydrogens (tertiary/aromatic N) is 1. The summed E-state index contributed by atoms with van der Waals surface area (Å²) in [6.45, 7) is 4.73. The number of para-hydroxylation sites is 1. The lowest BCUT2D eigenvalue weighted by atomic mass is 9.82. The zero-order valence-corrected chi connectivity index (χ0v) is 26.3. The predicted octanol–water partition coefficient (Wildman–Crippen LogP) is 12.2. The van der Waals surface area contributed by atoms with E-state index >= 15 is 0 Å². The number of fused-ring (bicyclic) bond motifs is 6. The fourth-order valence-corrected chi connectivity index (χ4v) is 7.85. The molecule has 0 bridgehead atoms. The highest BCUT2D eigenvalue weighted by Gasteiger charge is 2.36. The van der Waals surface area contributed by atoms with Gasteiger partial charge in [-0.3, -0.25) is 0 Å². The Labute approximate surface area is 270 Å². The van der Waals surface area contributed by atoms with Crippen molar-refractivity contribution in [3.8, 4) is 39.1 Å². The second-order valence-electron chi connectivity index (χ2n) is 13.3. The topological polar surface area (TPSA) is 4.93 Å². The second kappa shape index (κ2) is 10.3. The first-order valence-corrected chi connectivity index (χ1v) is 16.4. The van der Waals surface area contributed by atoms with E-state index < -0.39 is 0 Å². The van der Waals surface area contributed by atoms with E-state index in [9.17, 15) is 0 Å².